The van der Waals surface area contributed by atoms with E-state index >= 15 is 0 Å². The molecule has 2 unspecified atom stereocenters. The van der Waals surface area contributed by atoms with Crippen LogP contribution in [0.25, 0.3) is 0 Å². The van der Waals surface area contributed by atoms with Crippen LogP contribution in [0, 0.1) is 17.8 Å². The van der Waals surface area contributed by atoms with Gasteiger partial charge in [-0.15, -0.1) is 12.4 Å². The Morgan fingerprint density at radius 1 is 1.25 bits per heavy atom. The standard InChI is InChI=1S/C19H29N3O4S.ClH/c1-26-16-6-5-12(9-17(16)27(21,24)25)7-8-22-19(23)15-10-13-3-2-4-14(11-15)18(13)20;/h5-6,9,13-15,18H,2-4,7-8,10-11,20H2,1H3,(H,22,23)(H2,21,24,25);1H. The van der Waals surface area contributed by atoms with Crippen molar-refractivity contribution in [2.45, 2.75) is 49.5 Å². The summed E-state index contributed by atoms with van der Waals surface area (Å²) in [4.78, 5) is 12.5. The van der Waals surface area contributed by atoms with Gasteiger partial charge in [0.05, 0.1) is 7.11 Å². The minimum absolute atomic E-state index is 0. The van der Waals surface area contributed by atoms with Crippen molar-refractivity contribution in [3.05, 3.63) is 23.8 Å². The Kier molecular flexibility index (Phi) is 7.73. The molecule has 0 heterocycles. The van der Waals surface area contributed by atoms with E-state index in [0.717, 1.165) is 31.2 Å². The Bertz CT molecular complexity index is 788. The number of hydrogen-bond acceptors (Lipinski definition) is 5. The SMILES string of the molecule is COc1ccc(CCNC(=O)C2CC3CCCC(C2)C3N)cc1S(N)(=O)=O.Cl. The molecule has 1 amide bonds. The monoisotopic (exact) mass is 431 g/mol. The van der Waals surface area contributed by atoms with Gasteiger partial charge < -0.3 is 15.8 Å². The number of amides is 1. The number of carbonyl (C=O) groups is 1. The van der Waals surface area contributed by atoms with Crippen LogP contribution in [0.1, 0.15) is 37.7 Å². The van der Waals surface area contributed by atoms with Gasteiger partial charge in [-0.25, -0.2) is 13.6 Å². The molecule has 2 aliphatic rings. The molecule has 0 radical (unpaired) electrons. The highest BCUT2D eigenvalue weighted by molar-refractivity contribution is 7.89. The molecule has 0 spiro atoms. The lowest BCUT2D eigenvalue weighted by atomic mass is 9.65. The summed E-state index contributed by atoms with van der Waals surface area (Å²) < 4.78 is 28.4. The molecule has 0 aromatic heterocycles. The molecule has 9 heteroatoms. The summed E-state index contributed by atoms with van der Waals surface area (Å²) in [5, 5.41) is 8.24. The molecule has 2 aliphatic carbocycles. The highest BCUT2D eigenvalue weighted by Crippen LogP contribution is 2.41. The molecule has 2 atom stereocenters. The third-order valence-electron chi connectivity index (χ3n) is 6.03. The number of benzene rings is 1. The van der Waals surface area contributed by atoms with Crippen LogP contribution < -0.4 is 20.9 Å². The summed E-state index contributed by atoms with van der Waals surface area (Å²) in [6.45, 7) is 0.451. The number of nitrogens with one attached hydrogen (secondary N) is 1. The Balaban J connectivity index is 0.00000280. The van der Waals surface area contributed by atoms with Crippen LogP contribution >= 0.6 is 12.4 Å². The minimum Gasteiger partial charge on any atom is -0.495 e. The molecule has 2 fully saturated rings. The average Bonchev–Trinajstić information content (AvgIpc) is 2.60. The van der Waals surface area contributed by atoms with Gasteiger partial charge in [-0.3, -0.25) is 4.79 Å². The first kappa shape index (κ1) is 22.9. The smallest absolute Gasteiger partial charge is 0.241 e. The first-order valence-electron chi connectivity index (χ1n) is 9.52. The van der Waals surface area contributed by atoms with Crippen LogP contribution in [-0.4, -0.2) is 34.0 Å². The number of carbonyl (C=O) groups excluding carboxylic acids is 1. The minimum atomic E-state index is -3.86. The van der Waals surface area contributed by atoms with Crippen molar-refractivity contribution in [1.82, 2.24) is 5.32 Å². The number of primary sulfonamides is 1. The Hall–Kier alpha value is -1.35. The van der Waals surface area contributed by atoms with Gasteiger partial charge >= 0.3 is 0 Å². The van der Waals surface area contributed by atoms with Gasteiger partial charge in [0.2, 0.25) is 15.9 Å². The Morgan fingerprint density at radius 3 is 2.46 bits per heavy atom. The third kappa shape index (κ3) is 5.17. The number of sulfonamides is 1. The van der Waals surface area contributed by atoms with Crippen LogP contribution in [0.4, 0.5) is 0 Å². The highest BCUT2D eigenvalue weighted by Gasteiger charge is 2.40. The fourth-order valence-electron chi connectivity index (χ4n) is 4.58. The molecule has 7 nitrogen and oxygen atoms in total. The van der Waals surface area contributed by atoms with Crippen LogP contribution in [0.2, 0.25) is 0 Å². The van der Waals surface area contributed by atoms with E-state index in [1.54, 1.807) is 12.1 Å². The van der Waals surface area contributed by atoms with E-state index in [4.69, 9.17) is 15.6 Å². The maximum atomic E-state index is 12.6. The topological polar surface area (TPSA) is 125 Å². The second kappa shape index (κ2) is 9.43. The molecule has 0 saturated heterocycles. The lowest BCUT2D eigenvalue weighted by Crippen LogP contribution is -2.49. The van der Waals surface area contributed by atoms with E-state index in [-0.39, 0.29) is 40.9 Å². The second-order valence-corrected chi connectivity index (χ2v) is 9.30. The van der Waals surface area contributed by atoms with Gasteiger partial charge in [0, 0.05) is 18.5 Å². The predicted molar refractivity (Wildman–Crippen MR) is 110 cm³/mol. The zero-order valence-corrected chi connectivity index (χ0v) is 17.7. The molecule has 28 heavy (non-hydrogen) atoms. The van der Waals surface area contributed by atoms with Gasteiger partial charge in [-0.05, 0) is 61.6 Å². The summed E-state index contributed by atoms with van der Waals surface area (Å²) in [5.74, 6) is 1.27. The highest BCUT2D eigenvalue weighted by atomic mass is 35.5. The van der Waals surface area contributed by atoms with E-state index in [9.17, 15) is 13.2 Å². The lowest BCUT2D eigenvalue weighted by Gasteiger charge is -2.43. The quantitative estimate of drug-likeness (QED) is 0.630. The lowest BCUT2D eigenvalue weighted by molar-refractivity contribution is -0.127. The summed E-state index contributed by atoms with van der Waals surface area (Å²) in [7, 11) is -2.47. The van der Waals surface area contributed by atoms with E-state index in [1.807, 2.05) is 0 Å². The predicted octanol–water partition coefficient (Wildman–Crippen LogP) is 1.58. The number of methoxy groups -OCH3 is 1. The summed E-state index contributed by atoms with van der Waals surface area (Å²) in [6.07, 6.45) is 5.76. The van der Waals surface area contributed by atoms with Crippen LogP contribution in [0.5, 0.6) is 5.75 Å². The van der Waals surface area contributed by atoms with Crippen LogP contribution in [0.3, 0.4) is 0 Å². The van der Waals surface area contributed by atoms with Gasteiger partial charge in [-0.1, -0.05) is 12.5 Å². The molecule has 158 valence electrons. The summed E-state index contributed by atoms with van der Waals surface area (Å²) in [6, 6.07) is 5.12. The van der Waals surface area contributed by atoms with E-state index < -0.39 is 10.0 Å². The van der Waals surface area contributed by atoms with Gasteiger partial charge in [0.25, 0.3) is 0 Å². The van der Waals surface area contributed by atoms with Gasteiger partial charge in [-0.2, -0.15) is 0 Å². The fourth-order valence-corrected chi connectivity index (χ4v) is 5.32. The molecule has 1 aromatic rings. The number of rotatable bonds is 6. The van der Waals surface area contributed by atoms with Crippen molar-refractivity contribution in [2.75, 3.05) is 13.7 Å². The second-order valence-electron chi connectivity index (χ2n) is 7.77. The number of fused-ring (bicyclic) bond motifs is 2. The normalized spacial score (nSPS) is 26.8. The van der Waals surface area contributed by atoms with E-state index in [2.05, 4.69) is 5.32 Å². The number of ether oxygens (including phenoxy) is 1. The van der Waals surface area contributed by atoms with Crippen molar-refractivity contribution < 1.29 is 17.9 Å². The average molecular weight is 432 g/mol. The molecule has 5 N–H and O–H groups in total. The molecule has 2 bridgehead atoms. The third-order valence-corrected chi connectivity index (χ3v) is 6.96. The zero-order chi connectivity index (χ0) is 19.6. The largest absolute Gasteiger partial charge is 0.495 e. The van der Waals surface area contributed by atoms with Crippen molar-refractivity contribution >= 4 is 28.3 Å². The molecular formula is C19H30ClN3O4S. The van der Waals surface area contributed by atoms with Crippen molar-refractivity contribution in [1.29, 1.82) is 0 Å². The van der Waals surface area contributed by atoms with Crippen molar-refractivity contribution in [2.24, 2.45) is 28.6 Å². The number of halogens is 1. The van der Waals surface area contributed by atoms with E-state index in [0.29, 0.717) is 24.8 Å². The molecule has 3 rings (SSSR count). The van der Waals surface area contributed by atoms with Gasteiger partial charge in [0.1, 0.15) is 10.6 Å². The maximum Gasteiger partial charge on any atom is 0.241 e. The molecule has 1 aromatic carbocycles. The number of hydrogen-bond donors (Lipinski definition) is 3. The Morgan fingerprint density at radius 2 is 1.89 bits per heavy atom. The Labute approximate surface area is 173 Å². The first-order valence-corrected chi connectivity index (χ1v) is 11.1. The number of nitrogens with two attached hydrogens (primary N) is 2. The van der Waals surface area contributed by atoms with E-state index in [1.165, 1.54) is 19.6 Å². The summed E-state index contributed by atoms with van der Waals surface area (Å²) in [5.41, 5.74) is 7.07. The van der Waals surface area contributed by atoms with Crippen molar-refractivity contribution in [3.63, 3.8) is 0 Å². The zero-order valence-electron chi connectivity index (χ0n) is 16.1. The fraction of sp³-hybridized carbons (Fsp3) is 0.632. The van der Waals surface area contributed by atoms with Crippen LogP contribution in [0.15, 0.2) is 23.1 Å². The van der Waals surface area contributed by atoms with Gasteiger partial charge in [0.15, 0.2) is 0 Å². The first-order chi connectivity index (χ1) is 12.8. The summed E-state index contributed by atoms with van der Waals surface area (Å²) >= 11 is 0. The van der Waals surface area contributed by atoms with Crippen molar-refractivity contribution in [3.8, 4) is 5.75 Å². The molecule has 0 aliphatic heterocycles. The molecular weight excluding hydrogens is 402 g/mol. The van der Waals surface area contributed by atoms with Crippen LogP contribution in [-0.2, 0) is 21.2 Å². The molecule has 2 saturated carbocycles. The maximum absolute atomic E-state index is 12.6.